The Morgan fingerprint density at radius 1 is 1.16 bits per heavy atom. The maximum atomic E-state index is 13.4. The third kappa shape index (κ3) is 7.93. The van der Waals surface area contributed by atoms with Crippen molar-refractivity contribution in [2.24, 2.45) is 4.99 Å². The first-order valence-electron chi connectivity index (χ1n) is 10.3. The molecule has 1 atom stereocenters. The fourth-order valence-corrected chi connectivity index (χ4v) is 3.60. The Kier molecular flexibility index (Phi) is 11.0. The zero-order valence-corrected chi connectivity index (χ0v) is 20.5. The van der Waals surface area contributed by atoms with E-state index in [4.69, 9.17) is 9.47 Å². The molecule has 0 bridgehead atoms. The lowest BCUT2D eigenvalue weighted by atomic mass is 10.0. The van der Waals surface area contributed by atoms with Crippen LogP contribution in [0.15, 0.2) is 53.5 Å². The Bertz CT molecular complexity index is 813. The minimum absolute atomic E-state index is 0. The second-order valence-corrected chi connectivity index (χ2v) is 7.20. The van der Waals surface area contributed by atoms with Crippen molar-refractivity contribution in [3.05, 3.63) is 65.5 Å². The van der Waals surface area contributed by atoms with Gasteiger partial charge >= 0.3 is 0 Å². The Balaban J connectivity index is 0.00000341. The van der Waals surface area contributed by atoms with Gasteiger partial charge in [-0.15, -0.1) is 24.0 Å². The number of hydrogen-bond acceptors (Lipinski definition) is 4. The van der Waals surface area contributed by atoms with Gasteiger partial charge in [0.2, 0.25) is 0 Å². The number of guanidine groups is 1. The maximum Gasteiger partial charge on any atom is 0.191 e. The van der Waals surface area contributed by atoms with Gasteiger partial charge in [0, 0.05) is 33.2 Å². The molecule has 1 heterocycles. The number of hydrogen-bond donors (Lipinski definition) is 2. The molecule has 8 heteroatoms. The van der Waals surface area contributed by atoms with Crippen molar-refractivity contribution in [1.82, 2.24) is 15.5 Å². The van der Waals surface area contributed by atoms with Gasteiger partial charge in [-0.05, 0) is 41.8 Å². The van der Waals surface area contributed by atoms with E-state index in [-0.39, 0.29) is 35.8 Å². The van der Waals surface area contributed by atoms with Crippen LogP contribution in [0.25, 0.3) is 0 Å². The highest BCUT2D eigenvalue weighted by Gasteiger charge is 2.23. The summed E-state index contributed by atoms with van der Waals surface area (Å²) in [5, 5.41) is 6.80. The van der Waals surface area contributed by atoms with E-state index in [0.29, 0.717) is 19.8 Å². The molecule has 1 saturated heterocycles. The molecule has 2 aromatic rings. The van der Waals surface area contributed by atoms with Crippen LogP contribution in [0.5, 0.6) is 5.75 Å². The molecule has 1 aliphatic heterocycles. The summed E-state index contributed by atoms with van der Waals surface area (Å²) in [6.07, 6.45) is 0.864. The number of halogens is 2. The van der Waals surface area contributed by atoms with Gasteiger partial charge < -0.3 is 20.1 Å². The number of rotatable bonds is 8. The third-order valence-corrected chi connectivity index (χ3v) is 5.27. The first-order valence-corrected chi connectivity index (χ1v) is 10.3. The van der Waals surface area contributed by atoms with Crippen LogP contribution >= 0.6 is 24.0 Å². The number of nitrogens with one attached hydrogen (secondary N) is 2. The van der Waals surface area contributed by atoms with E-state index >= 15 is 0 Å². The summed E-state index contributed by atoms with van der Waals surface area (Å²) in [5.41, 5.74) is 2.28. The number of aliphatic imine (C=N–C) groups is 1. The first-order chi connectivity index (χ1) is 14.7. The zero-order chi connectivity index (χ0) is 21.2. The Hall–Kier alpha value is -1.91. The maximum absolute atomic E-state index is 13.4. The monoisotopic (exact) mass is 542 g/mol. The van der Waals surface area contributed by atoms with Crippen molar-refractivity contribution in [2.75, 3.05) is 53.6 Å². The molecule has 0 saturated carbocycles. The number of nitrogens with zero attached hydrogens (tertiary/aromatic N) is 2. The van der Waals surface area contributed by atoms with E-state index in [1.54, 1.807) is 14.2 Å². The predicted octanol–water partition coefficient (Wildman–Crippen LogP) is 3.23. The lowest BCUT2D eigenvalue weighted by molar-refractivity contribution is 0.0170. The largest absolute Gasteiger partial charge is 0.497 e. The summed E-state index contributed by atoms with van der Waals surface area (Å²) in [4.78, 5) is 6.71. The summed E-state index contributed by atoms with van der Waals surface area (Å²) in [6, 6.07) is 14.9. The average Bonchev–Trinajstić information content (AvgIpc) is 2.80. The molecule has 3 rings (SSSR count). The fraction of sp³-hybridized carbons (Fsp3) is 0.435. The molecule has 0 aromatic heterocycles. The lowest BCUT2D eigenvalue weighted by Gasteiger charge is -2.35. The Labute approximate surface area is 201 Å². The van der Waals surface area contributed by atoms with E-state index in [0.717, 1.165) is 43.3 Å². The summed E-state index contributed by atoms with van der Waals surface area (Å²) in [6.45, 7) is 4.56. The molecule has 170 valence electrons. The smallest absolute Gasteiger partial charge is 0.191 e. The van der Waals surface area contributed by atoms with Crippen LogP contribution in [-0.2, 0) is 11.2 Å². The highest BCUT2D eigenvalue weighted by Crippen LogP contribution is 2.21. The molecule has 6 nitrogen and oxygen atoms in total. The van der Waals surface area contributed by atoms with Crippen LogP contribution in [0.2, 0.25) is 0 Å². The van der Waals surface area contributed by atoms with Gasteiger partial charge in [-0.3, -0.25) is 9.89 Å². The minimum Gasteiger partial charge on any atom is -0.497 e. The minimum atomic E-state index is -0.220. The van der Waals surface area contributed by atoms with Gasteiger partial charge in [0.05, 0.1) is 26.4 Å². The highest BCUT2D eigenvalue weighted by molar-refractivity contribution is 14.0. The van der Waals surface area contributed by atoms with Gasteiger partial charge in [-0.1, -0.05) is 24.3 Å². The van der Waals surface area contributed by atoms with E-state index in [1.165, 1.54) is 17.7 Å². The molecular weight excluding hydrogens is 510 g/mol. The molecule has 31 heavy (non-hydrogen) atoms. The molecule has 1 fully saturated rings. The van der Waals surface area contributed by atoms with Crippen LogP contribution in [0.1, 0.15) is 17.2 Å². The predicted molar refractivity (Wildman–Crippen MR) is 133 cm³/mol. The van der Waals surface area contributed by atoms with Crippen LogP contribution in [-0.4, -0.2) is 64.4 Å². The topological polar surface area (TPSA) is 58.1 Å². The van der Waals surface area contributed by atoms with Crippen molar-refractivity contribution >= 4 is 29.9 Å². The van der Waals surface area contributed by atoms with Crippen LogP contribution in [0, 0.1) is 5.82 Å². The van der Waals surface area contributed by atoms with Crippen molar-refractivity contribution in [3.63, 3.8) is 0 Å². The molecule has 1 aliphatic rings. The Morgan fingerprint density at radius 2 is 1.90 bits per heavy atom. The van der Waals surface area contributed by atoms with Gasteiger partial charge in [-0.25, -0.2) is 4.39 Å². The average molecular weight is 542 g/mol. The number of ether oxygens (including phenoxy) is 2. The molecule has 0 spiro atoms. The van der Waals surface area contributed by atoms with Crippen molar-refractivity contribution in [2.45, 2.75) is 12.5 Å². The van der Waals surface area contributed by atoms with E-state index in [1.807, 2.05) is 30.3 Å². The van der Waals surface area contributed by atoms with Gasteiger partial charge in [0.15, 0.2) is 5.96 Å². The van der Waals surface area contributed by atoms with Gasteiger partial charge in [-0.2, -0.15) is 0 Å². The van der Waals surface area contributed by atoms with Crippen LogP contribution in [0.3, 0.4) is 0 Å². The molecule has 0 amide bonds. The first kappa shape index (κ1) is 25.4. The summed E-state index contributed by atoms with van der Waals surface area (Å²) in [5.74, 6) is 1.39. The van der Waals surface area contributed by atoms with Crippen LogP contribution < -0.4 is 15.4 Å². The fourth-order valence-electron chi connectivity index (χ4n) is 3.60. The van der Waals surface area contributed by atoms with Crippen molar-refractivity contribution in [1.29, 1.82) is 0 Å². The number of morpholine rings is 1. The molecule has 0 aliphatic carbocycles. The summed E-state index contributed by atoms with van der Waals surface area (Å²) >= 11 is 0. The molecule has 1 unspecified atom stereocenters. The SMILES string of the molecule is CN=C(NCCc1cccc(OC)c1)NCC(c1ccc(F)cc1)N1CCOCC1.I. The highest BCUT2D eigenvalue weighted by atomic mass is 127. The number of benzene rings is 2. The second-order valence-electron chi connectivity index (χ2n) is 7.20. The van der Waals surface area contributed by atoms with Gasteiger partial charge in [0.1, 0.15) is 11.6 Å². The molecule has 2 aromatic carbocycles. The summed E-state index contributed by atoms with van der Waals surface area (Å²) < 4.78 is 24.2. The van der Waals surface area contributed by atoms with E-state index < -0.39 is 0 Å². The van der Waals surface area contributed by atoms with Gasteiger partial charge in [0.25, 0.3) is 0 Å². The molecular formula is C23H32FIN4O2. The van der Waals surface area contributed by atoms with E-state index in [2.05, 4.69) is 26.6 Å². The normalized spacial score (nSPS) is 15.6. The standard InChI is InChI=1S/C23H31FN4O2.HI/c1-25-23(26-11-10-18-4-3-5-21(16-18)29-2)27-17-22(28-12-14-30-15-13-28)19-6-8-20(24)9-7-19;/h3-9,16,22H,10-15,17H2,1-2H3,(H2,25,26,27);1H. The Morgan fingerprint density at radius 3 is 2.58 bits per heavy atom. The zero-order valence-electron chi connectivity index (χ0n) is 18.1. The van der Waals surface area contributed by atoms with Crippen molar-refractivity contribution < 1.29 is 13.9 Å². The lowest BCUT2D eigenvalue weighted by Crippen LogP contribution is -2.46. The molecule has 0 radical (unpaired) electrons. The quantitative estimate of drug-likeness (QED) is 0.305. The third-order valence-electron chi connectivity index (χ3n) is 5.27. The summed E-state index contributed by atoms with van der Waals surface area (Å²) in [7, 11) is 3.44. The molecule has 2 N–H and O–H groups in total. The number of methoxy groups -OCH3 is 1. The van der Waals surface area contributed by atoms with Crippen molar-refractivity contribution in [3.8, 4) is 5.75 Å². The van der Waals surface area contributed by atoms with E-state index in [9.17, 15) is 4.39 Å². The van der Waals surface area contributed by atoms with Crippen LogP contribution in [0.4, 0.5) is 4.39 Å². The second kappa shape index (κ2) is 13.5.